The second-order valence-electron chi connectivity index (χ2n) is 6.15. The summed E-state index contributed by atoms with van der Waals surface area (Å²) in [6.07, 6.45) is 5.95. The van der Waals surface area contributed by atoms with Crippen LogP contribution in [0.5, 0.6) is 5.75 Å². The second kappa shape index (κ2) is 12.8. The van der Waals surface area contributed by atoms with Crippen molar-refractivity contribution in [1.82, 2.24) is 20.4 Å². The van der Waals surface area contributed by atoms with Crippen molar-refractivity contribution in [1.29, 1.82) is 0 Å². The average molecular weight is 506 g/mol. The lowest BCUT2D eigenvalue weighted by molar-refractivity contribution is 0.230. The molecule has 1 heterocycles. The van der Waals surface area contributed by atoms with Gasteiger partial charge < -0.3 is 15.4 Å². The Morgan fingerprint density at radius 3 is 2.67 bits per heavy atom. The molecular formula is C19H29ClIN5O. The molecule has 2 rings (SSSR count). The molecule has 2 aromatic rings. The van der Waals surface area contributed by atoms with Crippen molar-refractivity contribution in [3.8, 4) is 5.75 Å². The van der Waals surface area contributed by atoms with Crippen molar-refractivity contribution in [2.45, 2.75) is 32.8 Å². The maximum atomic E-state index is 5.89. The summed E-state index contributed by atoms with van der Waals surface area (Å²) in [4.78, 5) is 4.60. The van der Waals surface area contributed by atoms with Gasteiger partial charge in [-0.25, -0.2) is 4.99 Å². The first-order valence-corrected chi connectivity index (χ1v) is 9.36. The van der Waals surface area contributed by atoms with Crippen LogP contribution in [0, 0.1) is 0 Å². The molecule has 0 fully saturated rings. The predicted octanol–water partition coefficient (Wildman–Crippen LogP) is 3.65. The fourth-order valence-corrected chi connectivity index (χ4v) is 2.57. The standard InChI is InChI=1S/C19H28ClN5O.HI/c1-4-21-19(22-11-5-6-16-13-24-25(3)14-16)23-12-15(2)26-18-9-7-17(20)8-10-18;/h7-10,13-15H,4-6,11-12H2,1-3H3,(H2,21,22,23);1H. The number of aliphatic imine (C=N–C) groups is 1. The van der Waals surface area contributed by atoms with Crippen LogP contribution in [0.3, 0.4) is 0 Å². The molecule has 0 aliphatic heterocycles. The van der Waals surface area contributed by atoms with Gasteiger partial charge in [-0.2, -0.15) is 5.10 Å². The number of ether oxygens (including phenoxy) is 1. The minimum Gasteiger partial charge on any atom is -0.489 e. The van der Waals surface area contributed by atoms with Gasteiger partial charge in [-0.15, -0.1) is 24.0 Å². The zero-order valence-electron chi connectivity index (χ0n) is 16.1. The number of rotatable bonds is 9. The Kier molecular flexibility index (Phi) is 11.2. The Balaban J connectivity index is 0.00000364. The molecule has 0 saturated carbocycles. The summed E-state index contributed by atoms with van der Waals surface area (Å²) >= 11 is 5.89. The van der Waals surface area contributed by atoms with Gasteiger partial charge in [0.25, 0.3) is 0 Å². The zero-order chi connectivity index (χ0) is 18.8. The number of nitrogens with zero attached hydrogens (tertiary/aromatic N) is 3. The predicted molar refractivity (Wildman–Crippen MR) is 122 cm³/mol. The first kappa shape index (κ1) is 23.6. The van der Waals surface area contributed by atoms with Crippen LogP contribution in [-0.4, -0.2) is 41.5 Å². The van der Waals surface area contributed by atoms with Crippen LogP contribution in [0.1, 0.15) is 25.8 Å². The van der Waals surface area contributed by atoms with E-state index in [1.54, 1.807) is 0 Å². The Bertz CT molecular complexity index is 690. The number of aromatic nitrogens is 2. The minimum absolute atomic E-state index is 0. The Morgan fingerprint density at radius 2 is 2.04 bits per heavy atom. The van der Waals surface area contributed by atoms with Gasteiger partial charge in [0.1, 0.15) is 11.9 Å². The Hall–Kier alpha value is -1.48. The molecule has 1 aromatic carbocycles. The molecule has 0 radical (unpaired) electrons. The van der Waals surface area contributed by atoms with Gasteiger partial charge in [0.15, 0.2) is 5.96 Å². The highest BCUT2D eigenvalue weighted by atomic mass is 127. The summed E-state index contributed by atoms with van der Waals surface area (Å²) in [6, 6.07) is 7.37. The molecule has 0 spiro atoms. The number of hydrogen-bond donors (Lipinski definition) is 2. The molecule has 2 N–H and O–H groups in total. The summed E-state index contributed by atoms with van der Waals surface area (Å²) < 4.78 is 7.68. The molecule has 150 valence electrons. The molecule has 8 heteroatoms. The van der Waals surface area contributed by atoms with E-state index in [1.165, 1.54) is 5.56 Å². The van der Waals surface area contributed by atoms with Crippen molar-refractivity contribution in [3.63, 3.8) is 0 Å². The first-order valence-electron chi connectivity index (χ1n) is 8.98. The molecule has 1 atom stereocenters. The van der Waals surface area contributed by atoms with Crippen LogP contribution in [-0.2, 0) is 13.5 Å². The number of nitrogens with one attached hydrogen (secondary N) is 2. The van der Waals surface area contributed by atoms with E-state index in [0.717, 1.165) is 37.6 Å². The summed E-state index contributed by atoms with van der Waals surface area (Å²) in [5.74, 6) is 1.61. The van der Waals surface area contributed by atoms with Gasteiger partial charge in [0.2, 0.25) is 0 Å². The van der Waals surface area contributed by atoms with Crippen LogP contribution < -0.4 is 15.4 Å². The van der Waals surface area contributed by atoms with E-state index in [9.17, 15) is 0 Å². The van der Waals surface area contributed by atoms with Gasteiger partial charge in [0.05, 0.1) is 12.7 Å². The molecule has 0 aliphatic rings. The average Bonchev–Trinajstić information content (AvgIpc) is 3.03. The van der Waals surface area contributed by atoms with E-state index in [1.807, 2.05) is 49.1 Å². The number of aryl methyl sites for hydroxylation is 2. The smallest absolute Gasteiger partial charge is 0.191 e. The Morgan fingerprint density at radius 1 is 1.30 bits per heavy atom. The normalized spacial score (nSPS) is 12.2. The highest BCUT2D eigenvalue weighted by Gasteiger charge is 2.05. The van der Waals surface area contributed by atoms with Gasteiger partial charge in [-0.05, 0) is 56.5 Å². The van der Waals surface area contributed by atoms with Crippen molar-refractivity contribution >= 4 is 41.5 Å². The monoisotopic (exact) mass is 505 g/mol. The third kappa shape index (κ3) is 9.32. The van der Waals surface area contributed by atoms with Crippen LogP contribution in [0.4, 0.5) is 0 Å². The SMILES string of the molecule is CCNC(=NCC(C)Oc1ccc(Cl)cc1)NCCCc1cnn(C)c1.I. The van der Waals surface area contributed by atoms with E-state index >= 15 is 0 Å². The van der Waals surface area contributed by atoms with Crippen molar-refractivity contribution < 1.29 is 4.74 Å². The minimum atomic E-state index is -0.0259. The summed E-state index contributed by atoms with van der Waals surface area (Å²) in [5, 5.41) is 11.5. The lowest BCUT2D eigenvalue weighted by Gasteiger charge is -2.15. The third-order valence-corrected chi connectivity index (χ3v) is 3.95. The van der Waals surface area contributed by atoms with E-state index in [2.05, 4.69) is 33.8 Å². The maximum Gasteiger partial charge on any atom is 0.191 e. The van der Waals surface area contributed by atoms with E-state index in [-0.39, 0.29) is 30.1 Å². The molecule has 6 nitrogen and oxygen atoms in total. The van der Waals surface area contributed by atoms with Crippen LogP contribution in [0.15, 0.2) is 41.7 Å². The number of guanidine groups is 1. The van der Waals surface area contributed by atoms with Crippen molar-refractivity contribution in [2.75, 3.05) is 19.6 Å². The fourth-order valence-electron chi connectivity index (χ4n) is 2.44. The maximum absolute atomic E-state index is 5.89. The van der Waals surface area contributed by atoms with E-state index in [0.29, 0.717) is 11.6 Å². The molecule has 0 amide bonds. The third-order valence-electron chi connectivity index (χ3n) is 3.69. The molecule has 27 heavy (non-hydrogen) atoms. The van der Waals surface area contributed by atoms with Gasteiger partial charge >= 0.3 is 0 Å². The molecule has 0 aliphatic carbocycles. The zero-order valence-corrected chi connectivity index (χ0v) is 19.2. The van der Waals surface area contributed by atoms with Gasteiger partial charge in [0, 0.05) is 31.4 Å². The highest BCUT2D eigenvalue weighted by Crippen LogP contribution is 2.16. The summed E-state index contributed by atoms with van der Waals surface area (Å²) in [6.45, 7) is 6.30. The first-order chi connectivity index (χ1) is 12.6. The van der Waals surface area contributed by atoms with Gasteiger partial charge in [-0.1, -0.05) is 11.6 Å². The summed E-state index contributed by atoms with van der Waals surface area (Å²) in [7, 11) is 1.94. The second-order valence-corrected chi connectivity index (χ2v) is 6.59. The molecular weight excluding hydrogens is 477 g/mol. The van der Waals surface area contributed by atoms with Crippen LogP contribution >= 0.6 is 35.6 Å². The van der Waals surface area contributed by atoms with E-state index in [4.69, 9.17) is 16.3 Å². The lowest BCUT2D eigenvalue weighted by Crippen LogP contribution is -2.38. The quantitative estimate of drug-likeness (QED) is 0.236. The topological polar surface area (TPSA) is 63.5 Å². The fraction of sp³-hybridized carbons (Fsp3) is 0.474. The van der Waals surface area contributed by atoms with Crippen molar-refractivity contribution in [2.24, 2.45) is 12.0 Å². The molecule has 0 bridgehead atoms. The van der Waals surface area contributed by atoms with Gasteiger partial charge in [-0.3, -0.25) is 4.68 Å². The largest absolute Gasteiger partial charge is 0.489 e. The highest BCUT2D eigenvalue weighted by molar-refractivity contribution is 14.0. The van der Waals surface area contributed by atoms with E-state index < -0.39 is 0 Å². The van der Waals surface area contributed by atoms with Crippen LogP contribution in [0.2, 0.25) is 5.02 Å². The number of halogens is 2. The lowest BCUT2D eigenvalue weighted by atomic mass is 10.2. The molecule has 1 aromatic heterocycles. The molecule has 0 saturated heterocycles. The molecule has 1 unspecified atom stereocenters. The number of benzene rings is 1. The Labute approximate surface area is 183 Å². The number of hydrogen-bond acceptors (Lipinski definition) is 3. The van der Waals surface area contributed by atoms with Crippen LogP contribution in [0.25, 0.3) is 0 Å². The van der Waals surface area contributed by atoms with Crippen molar-refractivity contribution in [3.05, 3.63) is 47.2 Å². The summed E-state index contributed by atoms with van der Waals surface area (Å²) in [5.41, 5.74) is 1.25.